The van der Waals surface area contributed by atoms with Gasteiger partial charge in [-0.3, -0.25) is 4.79 Å². The Bertz CT molecular complexity index is 587. The lowest BCUT2D eigenvalue weighted by atomic mass is 10.1. The Morgan fingerprint density at radius 3 is 2.44 bits per heavy atom. The highest BCUT2D eigenvalue weighted by Gasteiger charge is 2.14. The number of hydrogen-bond donors (Lipinski definition) is 2. The van der Waals surface area contributed by atoms with Crippen molar-refractivity contribution < 1.29 is 14.7 Å². The van der Waals surface area contributed by atoms with Crippen LogP contribution in [0.5, 0.6) is 0 Å². The van der Waals surface area contributed by atoms with Gasteiger partial charge in [0.2, 0.25) is 0 Å². The topological polar surface area (TPSA) is 66.4 Å². The zero-order valence-electron chi connectivity index (χ0n) is 9.64. The quantitative estimate of drug-likeness (QED) is 0.892. The molecule has 0 spiro atoms. The lowest BCUT2D eigenvalue weighted by Gasteiger charge is -2.04. The molecule has 18 heavy (non-hydrogen) atoms. The van der Waals surface area contributed by atoms with Crippen molar-refractivity contribution in [1.29, 1.82) is 0 Å². The Morgan fingerprint density at radius 2 is 1.83 bits per heavy atom. The number of carbonyl (C=O) groups excluding carboxylic acids is 1. The van der Waals surface area contributed by atoms with Crippen LogP contribution in [0.25, 0.3) is 0 Å². The third kappa shape index (κ3) is 2.57. The first-order chi connectivity index (χ1) is 8.58. The third-order valence-corrected chi connectivity index (χ3v) is 3.20. The molecule has 0 bridgehead atoms. The highest BCUT2D eigenvalue weighted by atomic mass is 32.1. The van der Waals surface area contributed by atoms with Crippen molar-refractivity contribution in [3.8, 4) is 0 Å². The lowest BCUT2D eigenvalue weighted by molar-refractivity contribution is 0.0698. The molecule has 92 valence electrons. The Balaban J connectivity index is 2.19. The van der Waals surface area contributed by atoms with Crippen LogP contribution < -0.4 is 5.32 Å². The number of aromatic carboxylic acids is 1. The average molecular weight is 261 g/mol. The van der Waals surface area contributed by atoms with E-state index in [0.717, 1.165) is 5.56 Å². The van der Waals surface area contributed by atoms with Crippen LogP contribution in [0.4, 0.5) is 5.69 Å². The third-order valence-electron chi connectivity index (χ3n) is 2.45. The summed E-state index contributed by atoms with van der Waals surface area (Å²) in [5.41, 5.74) is 2.01. The van der Waals surface area contributed by atoms with Crippen molar-refractivity contribution in [2.45, 2.75) is 6.92 Å². The highest BCUT2D eigenvalue weighted by Crippen LogP contribution is 2.21. The predicted molar refractivity (Wildman–Crippen MR) is 70.4 cm³/mol. The standard InChI is InChI=1S/C13H11NO3S/c1-8-2-4-9(5-3-8)12(15)14-11-7-18-6-10(11)13(16)17/h2-7H,1H3,(H,14,15)(H,16,17). The molecule has 0 radical (unpaired) electrons. The molecular formula is C13H11NO3S. The summed E-state index contributed by atoms with van der Waals surface area (Å²) in [5.74, 6) is -1.36. The minimum Gasteiger partial charge on any atom is -0.478 e. The number of anilines is 1. The van der Waals surface area contributed by atoms with E-state index in [0.29, 0.717) is 11.3 Å². The van der Waals surface area contributed by atoms with Gasteiger partial charge >= 0.3 is 5.97 Å². The lowest BCUT2D eigenvalue weighted by Crippen LogP contribution is -2.13. The summed E-state index contributed by atoms with van der Waals surface area (Å²) in [6, 6.07) is 7.08. The summed E-state index contributed by atoms with van der Waals surface area (Å²) in [6.07, 6.45) is 0. The van der Waals surface area contributed by atoms with Gasteiger partial charge in [0.05, 0.1) is 11.3 Å². The summed E-state index contributed by atoms with van der Waals surface area (Å²) >= 11 is 1.24. The van der Waals surface area contributed by atoms with E-state index in [1.807, 2.05) is 19.1 Å². The number of rotatable bonds is 3. The smallest absolute Gasteiger partial charge is 0.338 e. The van der Waals surface area contributed by atoms with Crippen LogP contribution in [0.2, 0.25) is 0 Å². The fraction of sp³-hybridized carbons (Fsp3) is 0.0769. The molecule has 4 nitrogen and oxygen atoms in total. The number of carboxylic acid groups (broad SMARTS) is 1. The Morgan fingerprint density at radius 1 is 1.17 bits per heavy atom. The Labute approximate surface area is 108 Å². The molecule has 2 rings (SSSR count). The Hall–Kier alpha value is -2.14. The van der Waals surface area contributed by atoms with Crippen LogP contribution in [-0.2, 0) is 0 Å². The molecule has 1 amide bonds. The fourth-order valence-corrected chi connectivity index (χ4v) is 2.21. The summed E-state index contributed by atoms with van der Waals surface area (Å²) in [6.45, 7) is 1.93. The molecular weight excluding hydrogens is 250 g/mol. The number of carboxylic acids is 1. The van der Waals surface area contributed by atoms with Crippen LogP contribution in [0.15, 0.2) is 35.0 Å². The van der Waals surface area contributed by atoms with E-state index in [2.05, 4.69) is 5.32 Å². The first-order valence-electron chi connectivity index (χ1n) is 5.25. The van der Waals surface area contributed by atoms with Crippen LogP contribution in [0.3, 0.4) is 0 Å². The van der Waals surface area contributed by atoms with Crippen molar-refractivity contribution in [2.24, 2.45) is 0 Å². The molecule has 1 aromatic carbocycles. The average Bonchev–Trinajstić information content (AvgIpc) is 2.78. The maximum atomic E-state index is 11.9. The number of aryl methyl sites for hydroxylation is 1. The van der Waals surface area contributed by atoms with Gasteiger partial charge in [0.1, 0.15) is 0 Å². The molecule has 5 heteroatoms. The zero-order chi connectivity index (χ0) is 13.1. The molecule has 0 saturated carbocycles. The van der Waals surface area contributed by atoms with Gasteiger partial charge in [-0.25, -0.2) is 4.79 Å². The minimum atomic E-state index is -1.05. The second-order valence-corrected chi connectivity index (χ2v) is 4.57. The first kappa shape index (κ1) is 12.3. The van der Waals surface area contributed by atoms with Gasteiger partial charge < -0.3 is 10.4 Å². The van der Waals surface area contributed by atoms with Crippen molar-refractivity contribution >= 4 is 28.9 Å². The van der Waals surface area contributed by atoms with E-state index in [1.54, 1.807) is 17.5 Å². The van der Waals surface area contributed by atoms with E-state index < -0.39 is 5.97 Å². The van der Waals surface area contributed by atoms with Gasteiger partial charge in [-0.2, -0.15) is 0 Å². The summed E-state index contributed by atoms with van der Waals surface area (Å²) in [7, 11) is 0. The number of hydrogen-bond acceptors (Lipinski definition) is 3. The largest absolute Gasteiger partial charge is 0.478 e. The molecule has 0 aliphatic heterocycles. The molecule has 1 aromatic heterocycles. The fourth-order valence-electron chi connectivity index (χ4n) is 1.46. The monoisotopic (exact) mass is 261 g/mol. The van der Waals surface area contributed by atoms with Crippen molar-refractivity contribution in [3.63, 3.8) is 0 Å². The van der Waals surface area contributed by atoms with Gasteiger partial charge in [0.15, 0.2) is 0 Å². The van der Waals surface area contributed by atoms with Crippen molar-refractivity contribution in [3.05, 3.63) is 51.7 Å². The SMILES string of the molecule is Cc1ccc(C(=O)Nc2cscc2C(=O)O)cc1. The van der Waals surface area contributed by atoms with Gasteiger partial charge in [-0.1, -0.05) is 17.7 Å². The normalized spacial score (nSPS) is 10.1. The number of nitrogens with one attached hydrogen (secondary N) is 1. The van der Waals surface area contributed by atoms with Gasteiger partial charge in [0, 0.05) is 16.3 Å². The maximum Gasteiger partial charge on any atom is 0.338 e. The molecule has 0 fully saturated rings. The number of amides is 1. The van der Waals surface area contributed by atoms with E-state index >= 15 is 0 Å². The second kappa shape index (κ2) is 5.01. The summed E-state index contributed by atoms with van der Waals surface area (Å²) in [5, 5.41) is 14.6. The summed E-state index contributed by atoms with van der Waals surface area (Å²) in [4.78, 5) is 22.8. The summed E-state index contributed by atoms with van der Waals surface area (Å²) < 4.78 is 0. The van der Waals surface area contributed by atoms with E-state index in [-0.39, 0.29) is 11.5 Å². The van der Waals surface area contributed by atoms with Crippen LogP contribution >= 0.6 is 11.3 Å². The van der Waals surface area contributed by atoms with Crippen LogP contribution in [0.1, 0.15) is 26.3 Å². The number of carbonyl (C=O) groups is 2. The van der Waals surface area contributed by atoms with E-state index in [9.17, 15) is 9.59 Å². The Kier molecular flexibility index (Phi) is 3.43. The second-order valence-electron chi connectivity index (χ2n) is 3.82. The van der Waals surface area contributed by atoms with E-state index in [4.69, 9.17) is 5.11 Å². The first-order valence-corrected chi connectivity index (χ1v) is 6.19. The molecule has 2 aromatic rings. The minimum absolute atomic E-state index is 0.112. The zero-order valence-corrected chi connectivity index (χ0v) is 10.5. The van der Waals surface area contributed by atoms with Crippen LogP contribution in [0, 0.1) is 6.92 Å². The molecule has 0 aliphatic rings. The maximum absolute atomic E-state index is 11.9. The highest BCUT2D eigenvalue weighted by molar-refractivity contribution is 7.08. The van der Waals surface area contributed by atoms with Gasteiger partial charge in [-0.05, 0) is 19.1 Å². The molecule has 0 saturated heterocycles. The van der Waals surface area contributed by atoms with Gasteiger partial charge in [-0.15, -0.1) is 11.3 Å². The predicted octanol–water partition coefficient (Wildman–Crippen LogP) is 3.01. The molecule has 0 atom stereocenters. The van der Waals surface area contributed by atoms with Crippen molar-refractivity contribution in [1.82, 2.24) is 0 Å². The number of benzene rings is 1. The van der Waals surface area contributed by atoms with E-state index in [1.165, 1.54) is 16.7 Å². The molecule has 0 aliphatic carbocycles. The van der Waals surface area contributed by atoms with Crippen LogP contribution in [-0.4, -0.2) is 17.0 Å². The number of thiophene rings is 1. The van der Waals surface area contributed by atoms with Gasteiger partial charge in [0.25, 0.3) is 5.91 Å². The molecule has 2 N–H and O–H groups in total. The molecule has 1 heterocycles. The molecule has 0 unspecified atom stereocenters. The van der Waals surface area contributed by atoms with Crippen molar-refractivity contribution in [2.75, 3.05) is 5.32 Å².